The fourth-order valence-electron chi connectivity index (χ4n) is 2.96. The Bertz CT molecular complexity index is 467. The molecule has 1 saturated carbocycles. The Morgan fingerprint density at radius 3 is 2.82 bits per heavy atom. The molecule has 0 atom stereocenters. The molecule has 0 spiro atoms. The normalized spacial score (nSPS) is 16.4. The van der Waals surface area contributed by atoms with Gasteiger partial charge in [0.2, 0.25) is 0 Å². The maximum absolute atomic E-state index is 5.26. The van der Waals surface area contributed by atoms with E-state index < -0.39 is 0 Å². The summed E-state index contributed by atoms with van der Waals surface area (Å²) in [4.78, 5) is 4.33. The lowest BCUT2D eigenvalue weighted by Crippen LogP contribution is -2.44. The maximum Gasteiger partial charge on any atom is 0.191 e. The quantitative estimate of drug-likeness (QED) is 0.482. The van der Waals surface area contributed by atoms with Crippen molar-refractivity contribution < 1.29 is 4.74 Å². The summed E-state index contributed by atoms with van der Waals surface area (Å²) in [5.41, 5.74) is 1.32. The van der Waals surface area contributed by atoms with Crippen molar-refractivity contribution >= 4 is 5.96 Å². The lowest BCUT2D eigenvalue weighted by Gasteiger charge is -2.24. The summed E-state index contributed by atoms with van der Waals surface area (Å²) in [5.74, 6) is 1.87. The van der Waals surface area contributed by atoms with Gasteiger partial charge in [-0.05, 0) is 43.4 Å². The van der Waals surface area contributed by atoms with Crippen molar-refractivity contribution in [1.29, 1.82) is 0 Å². The van der Waals surface area contributed by atoms with Gasteiger partial charge in [0.1, 0.15) is 5.75 Å². The summed E-state index contributed by atoms with van der Waals surface area (Å²) in [6, 6.07) is 8.88. The number of aryl methyl sites for hydroxylation is 1. The number of rotatable bonds is 6. The van der Waals surface area contributed by atoms with Crippen LogP contribution >= 0.6 is 0 Å². The van der Waals surface area contributed by atoms with Gasteiger partial charge in [0.05, 0.1) is 7.11 Å². The third-order valence-electron chi connectivity index (χ3n) is 4.24. The highest BCUT2D eigenvalue weighted by molar-refractivity contribution is 5.79. The predicted octanol–water partition coefficient (Wildman–Crippen LogP) is 3.13. The van der Waals surface area contributed by atoms with Gasteiger partial charge in [-0.1, -0.05) is 31.4 Å². The van der Waals surface area contributed by atoms with E-state index in [0.29, 0.717) is 6.04 Å². The molecule has 4 heteroatoms. The van der Waals surface area contributed by atoms with Crippen molar-refractivity contribution in [3.63, 3.8) is 0 Å². The van der Waals surface area contributed by atoms with Gasteiger partial charge >= 0.3 is 0 Å². The van der Waals surface area contributed by atoms with E-state index in [1.54, 1.807) is 7.11 Å². The fraction of sp³-hybridized carbons (Fsp3) is 0.611. The summed E-state index contributed by atoms with van der Waals surface area (Å²) in [7, 11) is 3.56. The SMILES string of the molecule is CN=C(NCCCc1cccc(OC)c1)NC1CCCCC1. The molecule has 0 bridgehead atoms. The van der Waals surface area contributed by atoms with E-state index in [9.17, 15) is 0 Å². The topological polar surface area (TPSA) is 45.7 Å². The number of hydrogen-bond donors (Lipinski definition) is 2. The third kappa shape index (κ3) is 5.58. The largest absolute Gasteiger partial charge is 0.497 e. The number of nitrogens with zero attached hydrogens (tertiary/aromatic N) is 1. The van der Waals surface area contributed by atoms with Gasteiger partial charge in [-0.3, -0.25) is 4.99 Å². The molecule has 1 aromatic rings. The van der Waals surface area contributed by atoms with E-state index >= 15 is 0 Å². The smallest absolute Gasteiger partial charge is 0.191 e. The zero-order valence-electron chi connectivity index (χ0n) is 13.9. The Kier molecular flexibility index (Phi) is 7.07. The van der Waals surface area contributed by atoms with Crippen molar-refractivity contribution in [2.24, 2.45) is 4.99 Å². The first-order chi connectivity index (χ1) is 10.8. The van der Waals surface area contributed by atoms with Crippen LogP contribution in [-0.2, 0) is 6.42 Å². The van der Waals surface area contributed by atoms with E-state index in [1.807, 2.05) is 19.2 Å². The molecule has 0 radical (unpaired) electrons. The highest BCUT2D eigenvalue weighted by atomic mass is 16.5. The Balaban J connectivity index is 1.67. The molecule has 2 rings (SSSR count). The Morgan fingerprint density at radius 1 is 1.27 bits per heavy atom. The molecule has 2 N–H and O–H groups in total. The van der Waals surface area contributed by atoms with Gasteiger partial charge in [-0.2, -0.15) is 0 Å². The van der Waals surface area contributed by atoms with Crippen molar-refractivity contribution in [2.75, 3.05) is 20.7 Å². The van der Waals surface area contributed by atoms with E-state index in [4.69, 9.17) is 4.74 Å². The second-order valence-electron chi connectivity index (χ2n) is 5.93. The molecule has 1 aliphatic rings. The number of ether oxygens (including phenoxy) is 1. The molecule has 122 valence electrons. The molecule has 4 nitrogen and oxygen atoms in total. The van der Waals surface area contributed by atoms with Crippen LogP contribution in [0.15, 0.2) is 29.3 Å². The Morgan fingerprint density at radius 2 is 2.09 bits per heavy atom. The van der Waals surface area contributed by atoms with Crippen molar-refractivity contribution in [3.8, 4) is 5.75 Å². The van der Waals surface area contributed by atoms with Crippen molar-refractivity contribution in [2.45, 2.75) is 51.0 Å². The maximum atomic E-state index is 5.26. The molecule has 0 aromatic heterocycles. The second kappa shape index (κ2) is 9.34. The lowest BCUT2D eigenvalue weighted by atomic mass is 9.96. The summed E-state index contributed by atoms with van der Waals surface area (Å²) in [6.07, 6.45) is 8.72. The van der Waals surface area contributed by atoms with Crippen LogP contribution in [0.5, 0.6) is 5.75 Å². The fourth-order valence-corrected chi connectivity index (χ4v) is 2.96. The summed E-state index contributed by atoms with van der Waals surface area (Å²) >= 11 is 0. The minimum Gasteiger partial charge on any atom is -0.497 e. The zero-order valence-corrected chi connectivity index (χ0v) is 13.9. The van der Waals surface area contributed by atoms with Crippen molar-refractivity contribution in [3.05, 3.63) is 29.8 Å². The number of benzene rings is 1. The summed E-state index contributed by atoms with van der Waals surface area (Å²) < 4.78 is 5.26. The van der Waals surface area contributed by atoms with Crippen LogP contribution in [-0.4, -0.2) is 32.7 Å². The average Bonchev–Trinajstić information content (AvgIpc) is 2.58. The molecular formula is C18H29N3O. The van der Waals surface area contributed by atoms with E-state index in [0.717, 1.165) is 31.1 Å². The van der Waals surface area contributed by atoms with Gasteiger partial charge in [0.15, 0.2) is 5.96 Å². The highest BCUT2D eigenvalue weighted by Gasteiger charge is 2.14. The molecule has 22 heavy (non-hydrogen) atoms. The van der Waals surface area contributed by atoms with Crippen LogP contribution in [0.4, 0.5) is 0 Å². The monoisotopic (exact) mass is 303 g/mol. The van der Waals surface area contributed by atoms with E-state index in [-0.39, 0.29) is 0 Å². The van der Waals surface area contributed by atoms with Gasteiger partial charge < -0.3 is 15.4 Å². The van der Waals surface area contributed by atoms with Crippen LogP contribution < -0.4 is 15.4 Å². The molecule has 1 fully saturated rings. The highest BCUT2D eigenvalue weighted by Crippen LogP contribution is 2.17. The molecule has 1 aliphatic carbocycles. The summed E-state index contributed by atoms with van der Waals surface area (Å²) in [6.45, 7) is 0.934. The number of hydrogen-bond acceptors (Lipinski definition) is 2. The van der Waals surface area contributed by atoms with Gasteiger partial charge in [-0.15, -0.1) is 0 Å². The molecular weight excluding hydrogens is 274 g/mol. The van der Waals surface area contributed by atoms with Crippen LogP contribution in [0.25, 0.3) is 0 Å². The van der Waals surface area contributed by atoms with E-state index in [1.165, 1.54) is 37.7 Å². The number of aliphatic imine (C=N–C) groups is 1. The van der Waals surface area contributed by atoms with E-state index in [2.05, 4.69) is 27.8 Å². The zero-order chi connectivity index (χ0) is 15.6. The van der Waals surface area contributed by atoms with Crippen LogP contribution in [0.2, 0.25) is 0 Å². The first kappa shape index (κ1) is 16.7. The molecule has 0 aliphatic heterocycles. The minimum atomic E-state index is 0.596. The average molecular weight is 303 g/mol. The standard InChI is InChI=1S/C18H29N3O/c1-19-18(21-16-10-4-3-5-11-16)20-13-7-9-15-8-6-12-17(14-15)22-2/h6,8,12,14,16H,3-5,7,9-11,13H2,1-2H3,(H2,19,20,21). The van der Waals surface area contributed by atoms with Crippen molar-refractivity contribution in [1.82, 2.24) is 10.6 Å². The number of nitrogens with one attached hydrogen (secondary N) is 2. The molecule has 0 saturated heterocycles. The number of guanidine groups is 1. The Hall–Kier alpha value is -1.71. The van der Waals surface area contributed by atoms with Crippen LogP contribution in [0, 0.1) is 0 Å². The number of methoxy groups -OCH3 is 1. The minimum absolute atomic E-state index is 0.596. The first-order valence-electron chi connectivity index (χ1n) is 8.42. The predicted molar refractivity (Wildman–Crippen MR) is 92.7 cm³/mol. The van der Waals surface area contributed by atoms with Crippen LogP contribution in [0.3, 0.4) is 0 Å². The molecule has 0 heterocycles. The van der Waals surface area contributed by atoms with Gasteiger partial charge in [-0.25, -0.2) is 0 Å². The Labute approximate surface area is 134 Å². The molecule has 0 amide bonds. The van der Waals surface area contributed by atoms with Gasteiger partial charge in [0.25, 0.3) is 0 Å². The first-order valence-corrected chi connectivity index (χ1v) is 8.42. The lowest BCUT2D eigenvalue weighted by molar-refractivity contribution is 0.410. The molecule has 1 aromatic carbocycles. The third-order valence-corrected chi connectivity index (χ3v) is 4.24. The molecule has 0 unspecified atom stereocenters. The van der Waals surface area contributed by atoms with Crippen LogP contribution in [0.1, 0.15) is 44.1 Å². The summed E-state index contributed by atoms with van der Waals surface area (Å²) in [5, 5.41) is 6.96. The van der Waals surface area contributed by atoms with Gasteiger partial charge in [0, 0.05) is 19.6 Å². The second-order valence-corrected chi connectivity index (χ2v) is 5.93.